The molecule has 1 fully saturated rings. The van der Waals surface area contributed by atoms with Crippen molar-refractivity contribution in [1.29, 1.82) is 0 Å². The van der Waals surface area contributed by atoms with Gasteiger partial charge in [-0.2, -0.15) is 0 Å². The Balaban J connectivity index is 1.95. The summed E-state index contributed by atoms with van der Waals surface area (Å²) in [6, 6.07) is 3.65. The van der Waals surface area contributed by atoms with E-state index in [2.05, 4.69) is 4.98 Å². The molecular weight excluding hydrogens is 248 g/mol. The lowest BCUT2D eigenvalue weighted by molar-refractivity contribution is -0.127. The molecule has 5 heteroatoms. The van der Waals surface area contributed by atoms with E-state index in [0.717, 1.165) is 36.5 Å². The Morgan fingerprint density at radius 3 is 2.94 bits per heavy atom. The molecule has 1 atom stereocenters. The topological polar surface area (TPSA) is 53.4 Å². The Morgan fingerprint density at radius 2 is 2.28 bits per heavy atom. The first-order valence-corrected chi connectivity index (χ1v) is 7.20. The van der Waals surface area contributed by atoms with Crippen molar-refractivity contribution in [3.63, 3.8) is 0 Å². The zero-order valence-electron chi connectivity index (χ0n) is 10.5. The minimum absolute atomic E-state index is 0.166. The number of aliphatic hydroxyl groups is 1. The predicted octanol–water partition coefficient (Wildman–Crippen LogP) is 1.85. The third-order valence-electron chi connectivity index (χ3n) is 3.04. The summed E-state index contributed by atoms with van der Waals surface area (Å²) in [4.78, 5) is 18.0. The highest BCUT2D eigenvalue weighted by atomic mass is 32.2. The van der Waals surface area contributed by atoms with Crippen LogP contribution in [0.25, 0.3) is 0 Å². The average molecular weight is 266 g/mol. The van der Waals surface area contributed by atoms with E-state index in [4.69, 9.17) is 0 Å². The van der Waals surface area contributed by atoms with Gasteiger partial charge < -0.3 is 10.0 Å². The van der Waals surface area contributed by atoms with E-state index in [-0.39, 0.29) is 5.91 Å². The third kappa shape index (κ3) is 3.23. The average Bonchev–Trinajstić information content (AvgIpc) is 2.90. The smallest absolute Gasteiger partial charge is 0.232 e. The molecule has 1 N–H and O–H groups in total. The van der Waals surface area contributed by atoms with Gasteiger partial charge in [0, 0.05) is 24.8 Å². The Bertz CT molecular complexity index is 417. The standard InChI is InChI=1S/C13H18N2O2S/c1-10(16)11-5-4-6-14-13(11)18-9-12(17)15-7-2-3-8-15/h4-6,10,16H,2-3,7-9H2,1H3/t10-/m0/s1. The first kappa shape index (κ1) is 13.4. The fourth-order valence-corrected chi connectivity index (χ4v) is 3.01. The number of carbonyl (C=O) groups excluding carboxylic acids is 1. The molecule has 4 nitrogen and oxygen atoms in total. The maximum atomic E-state index is 11.9. The summed E-state index contributed by atoms with van der Waals surface area (Å²) in [5.41, 5.74) is 0.789. The second-order valence-corrected chi connectivity index (χ2v) is 5.41. The van der Waals surface area contributed by atoms with E-state index in [9.17, 15) is 9.90 Å². The van der Waals surface area contributed by atoms with Gasteiger partial charge in [-0.25, -0.2) is 4.98 Å². The summed E-state index contributed by atoms with van der Waals surface area (Å²) in [6.45, 7) is 3.47. The number of hydrogen-bond acceptors (Lipinski definition) is 4. The van der Waals surface area contributed by atoms with Gasteiger partial charge >= 0.3 is 0 Å². The highest BCUT2D eigenvalue weighted by molar-refractivity contribution is 7.99. The lowest BCUT2D eigenvalue weighted by Gasteiger charge is -2.15. The number of nitrogens with zero attached hydrogens (tertiary/aromatic N) is 2. The molecule has 0 spiro atoms. The summed E-state index contributed by atoms with van der Waals surface area (Å²) in [7, 11) is 0. The van der Waals surface area contributed by atoms with Gasteiger partial charge in [-0.1, -0.05) is 17.8 Å². The van der Waals surface area contributed by atoms with Crippen molar-refractivity contribution in [3.8, 4) is 0 Å². The minimum atomic E-state index is -0.553. The minimum Gasteiger partial charge on any atom is -0.389 e. The molecule has 0 unspecified atom stereocenters. The number of thioether (sulfide) groups is 1. The van der Waals surface area contributed by atoms with Crippen molar-refractivity contribution < 1.29 is 9.90 Å². The van der Waals surface area contributed by atoms with Gasteiger partial charge in [0.15, 0.2) is 0 Å². The normalized spacial score (nSPS) is 16.9. The van der Waals surface area contributed by atoms with Gasteiger partial charge in [-0.05, 0) is 25.8 Å². The summed E-state index contributed by atoms with van der Waals surface area (Å²) in [6.07, 6.45) is 3.36. The third-order valence-corrected chi connectivity index (χ3v) is 4.05. The summed E-state index contributed by atoms with van der Waals surface area (Å²) >= 11 is 1.41. The fourth-order valence-electron chi connectivity index (χ4n) is 2.03. The molecule has 1 aromatic heterocycles. The zero-order valence-corrected chi connectivity index (χ0v) is 11.3. The van der Waals surface area contributed by atoms with Crippen LogP contribution in [-0.2, 0) is 4.79 Å². The SMILES string of the molecule is C[C@H](O)c1cccnc1SCC(=O)N1CCCC1. The van der Waals surface area contributed by atoms with Crippen molar-refractivity contribution in [1.82, 2.24) is 9.88 Å². The maximum absolute atomic E-state index is 11.9. The second kappa shape index (κ2) is 6.20. The molecule has 0 saturated carbocycles. The first-order valence-electron chi connectivity index (χ1n) is 6.22. The van der Waals surface area contributed by atoms with Gasteiger partial charge in [0.25, 0.3) is 0 Å². The van der Waals surface area contributed by atoms with Crippen molar-refractivity contribution in [2.24, 2.45) is 0 Å². The van der Waals surface area contributed by atoms with Crippen LogP contribution in [0.15, 0.2) is 23.4 Å². The van der Waals surface area contributed by atoms with E-state index in [1.165, 1.54) is 11.8 Å². The quantitative estimate of drug-likeness (QED) is 0.845. The molecule has 18 heavy (non-hydrogen) atoms. The molecular formula is C13H18N2O2S. The molecule has 0 aliphatic carbocycles. The second-order valence-electron chi connectivity index (χ2n) is 4.45. The molecule has 1 amide bonds. The Hall–Kier alpha value is -1.07. The number of aliphatic hydroxyl groups excluding tert-OH is 1. The van der Waals surface area contributed by atoms with Crippen LogP contribution < -0.4 is 0 Å². The molecule has 0 bridgehead atoms. The molecule has 1 aliphatic rings. The van der Waals surface area contributed by atoms with Crippen molar-refractivity contribution >= 4 is 17.7 Å². The van der Waals surface area contributed by atoms with Crippen LogP contribution in [-0.4, -0.2) is 39.7 Å². The van der Waals surface area contributed by atoms with Crippen LogP contribution in [0.2, 0.25) is 0 Å². The monoisotopic (exact) mass is 266 g/mol. The molecule has 0 aromatic carbocycles. The number of rotatable bonds is 4. The van der Waals surface area contributed by atoms with Gasteiger partial charge in [0.2, 0.25) is 5.91 Å². The number of hydrogen-bond donors (Lipinski definition) is 1. The van der Waals surface area contributed by atoms with E-state index in [0.29, 0.717) is 5.75 Å². The highest BCUT2D eigenvalue weighted by Crippen LogP contribution is 2.25. The van der Waals surface area contributed by atoms with Crippen LogP contribution in [0.5, 0.6) is 0 Å². The van der Waals surface area contributed by atoms with Crippen LogP contribution in [0.1, 0.15) is 31.4 Å². The van der Waals surface area contributed by atoms with Crippen LogP contribution in [0.4, 0.5) is 0 Å². The van der Waals surface area contributed by atoms with Crippen molar-refractivity contribution in [2.45, 2.75) is 30.9 Å². The zero-order chi connectivity index (χ0) is 13.0. The van der Waals surface area contributed by atoms with Crippen molar-refractivity contribution in [3.05, 3.63) is 23.9 Å². The molecule has 0 radical (unpaired) electrons. The summed E-state index contributed by atoms with van der Waals surface area (Å²) < 4.78 is 0. The lowest BCUT2D eigenvalue weighted by Crippen LogP contribution is -2.29. The molecule has 1 aromatic rings. The van der Waals surface area contributed by atoms with Gasteiger partial charge in [-0.15, -0.1) is 0 Å². The molecule has 1 aliphatic heterocycles. The Labute approximate surface area is 111 Å². The largest absolute Gasteiger partial charge is 0.389 e. The van der Waals surface area contributed by atoms with Crippen LogP contribution in [0, 0.1) is 0 Å². The lowest BCUT2D eigenvalue weighted by atomic mass is 10.2. The molecule has 2 heterocycles. The highest BCUT2D eigenvalue weighted by Gasteiger charge is 2.19. The Kier molecular flexibility index (Phi) is 4.60. The number of likely N-dealkylation sites (tertiary alicyclic amines) is 1. The summed E-state index contributed by atoms with van der Waals surface area (Å²) in [5, 5.41) is 10.4. The number of pyridine rings is 1. The molecule has 1 saturated heterocycles. The van der Waals surface area contributed by atoms with Gasteiger partial charge in [0.1, 0.15) is 5.03 Å². The van der Waals surface area contributed by atoms with E-state index in [1.807, 2.05) is 11.0 Å². The van der Waals surface area contributed by atoms with Gasteiger partial charge in [0.05, 0.1) is 11.9 Å². The maximum Gasteiger partial charge on any atom is 0.232 e. The van der Waals surface area contributed by atoms with E-state index >= 15 is 0 Å². The first-order chi connectivity index (χ1) is 8.68. The predicted molar refractivity (Wildman–Crippen MR) is 71.4 cm³/mol. The fraction of sp³-hybridized carbons (Fsp3) is 0.538. The molecule has 2 rings (SSSR count). The van der Waals surface area contributed by atoms with Crippen molar-refractivity contribution in [2.75, 3.05) is 18.8 Å². The van der Waals surface area contributed by atoms with E-state index < -0.39 is 6.10 Å². The van der Waals surface area contributed by atoms with E-state index in [1.54, 1.807) is 19.2 Å². The number of aromatic nitrogens is 1. The summed E-state index contributed by atoms with van der Waals surface area (Å²) in [5.74, 6) is 0.566. The number of carbonyl (C=O) groups is 1. The number of amides is 1. The Morgan fingerprint density at radius 1 is 1.56 bits per heavy atom. The van der Waals surface area contributed by atoms with Crippen LogP contribution >= 0.6 is 11.8 Å². The van der Waals surface area contributed by atoms with Gasteiger partial charge in [-0.3, -0.25) is 4.79 Å². The van der Waals surface area contributed by atoms with Crippen LogP contribution in [0.3, 0.4) is 0 Å². The molecule has 98 valence electrons.